The van der Waals surface area contributed by atoms with E-state index in [4.69, 9.17) is 22.1 Å². The number of fused-ring (bicyclic) bond motifs is 1. The Morgan fingerprint density at radius 2 is 1.98 bits per heavy atom. The first-order chi connectivity index (χ1) is 19.7. The predicted molar refractivity (Wildman–Crippen MR) is 148 cm³/mol. The molecule has 2 aliphatic rings. The molecule has 0 saturated carbocycles. The van der Waals surface area contributed by atoms with Gasteiger partial charge < -0.3 is 20.7 Å². The summed E-state index contributed by atoms with van der Waals surface area (Å²) in [4.78, 5) is 45.8. The van der Waals surface area contributed by atoms with Crippen molar-refractivity contribution in [2.45, 2.75) is 51.1 Å². The molecule has 3 N–H and O–H groups in total. The summed E-state index contributed by atoms with van der Waals surface area (Å²) in [5.41, 5.74) is 4.55. The van der Waals surface area contributed by atoms with E-state index in [1.807, 2.05) is 0 Å². The van der Waals surface area contributed by atoms with Crippen LogP contribution < -0.4 is 11.1 Å². The Kier molecular flexibility index (Phi) is 9.24. The SMILES string of the molecule is CC(C)(N)C(=O)N[C@H](COCc1cccc(Cl)c1)C(=O)N1CCC2=NN(CC(F)(F)F)C(=O)[C@@]2(Cc2ccccn2)C1. The number of ether oxygens (including phenoxy) is 1. The number of hydrogen-bond donors (Lipinski definition) is 2. The van der Waals surface area contributed by atoms with Gasteiger partial charge in [0.05, 0.1) is 24.5 Å². The van der Waals surface area contributed by atoms with Crippen LogP contribution in [0.15, 0.2) is 53.8 Å². The van der Waals surface area contributed by atoms with Gasteiger partial charge in [-0.3, -0.25) is 19.4 Å². The second-order valence-corrected chi connectivity index (χ2v) is 11.4. The fourth-order valence-corrected chi connectivity index (χ4v) is 5.14. The first kappa shape index (κ1) is 31.4. The molecule has 226 valence electrons. The lowest BCUT2D eigenvalue weighted by Gasteiger charge is -2.40. The molecule has 0 aliphatic carbocycles. The van der Waals surface area contributed by atoms with E-state index in [1.165, 1.54) is 24.9 Å². The van der Waals surface area contributed by atoms with Crippen molar-refractivity contribution in [2.75, 3.05) is 26.2 Å². The zero-order valence-electron chi connectivity index (χ0n) is 23.2. The summed E-state index contributed by atoms with van der Waals surface area (Å²) in [6.45, 7) is 1.10. The van der Waals surface area contributed by atoms with Crippen molar-refractivity contribution in [1.82, 2.24) is 20.2 Å². The normalized spacial score (nSPS) is 19.8. The third-order valence-corrected chi connectivity index (χ3v) is 7.23. The Balaban J connectivity index is 1.58. The van der Waals surface area contributed by atoms with Crippen LogP contribution in [0.3, 0.4) is 0 Å². The van der Waals surface area contributed by atoms with Crippen LogP contribution in [0.2, 0.25) is 5.02 Å². The van der Waals surface area contributed by atoms with Crippen molar-refractivity contribution in [3.63, 3.8) is 0 Å². The number of halogens is 4. The minimum Gasteiger partial charge on any atom is -0.374 e. The number of nitrogens with zero attached hydrogens (tertiary/aromatic N) is 4. The second-order valence-electron chi connectivity index (χ2n) is 11.0. The summed E-state index contributed by atoms with van der Waals surface area (Å²) in [6, 6.07) is 10.8. The van der Waals surface area contributed by atoms with Gasteiger partial charge in [-0.15, -0.1) is 0 Å². The van der Waals surface area contributed by atoms with E-state index in [9.17, 15) is 27.6 Å². The van der Waals surface area contributed by atoms with Crippen molar-refractivity contribution in [3.05, 3.63) is 64.9 Å². The number of hydrogen-bond acceptors (Lipinski definition) is 7. The number of carbonyl (C=O) groups excluding carboxylic acids is 3. The van der Waals surface area contributed by atoms with Crippen LogP contribution in [-0.4, -0.2) is 82.3 Å². The van der Waals surface area contributed by atoms with Gasteiger partial charge in [-0.1, -0.05) is 29.8 Å². The topological polar surface area (TPSA) is 130 Å². The number of rotatable bonds is 10. The molecule has 1 aromatic heterocycles. The first-order valence-corrected chi connectivity index (χ1v) is 13.6. The number of benzene rings is 1. The number of likely N-dealkylation sites (tertiary alicyclic amines) is 1. The molecular formula is C28H32ClF3N6O4. The number of pyridine rings is 1. The highest BCUT2D eigenvalue weighted by Crippen LogP contribution is 2.39. The number of nitrogens with one attached hydrogen (secondary N) is 1. The predicted octanol–water partition coefficient (Wildman–Crippen LogP) is 2.70. The molecular weight excluding hydrogens is 577 g/mol. The van der Waals surface area contributed by atoms with Gasteiger partial charge in [0.1, 0.15) is 18.0 Å². The Hall–Kier alpha value is -3.55. The number of aromatic nitrogens is 1. The Morgan fingerprint density at radius 3 is 2.62 bits per heavy atom. The molecule has 0 unspecified atom stereocenters. The number of amides is 3. The fraction of sp³-hybridized carbons (Fsp3) is 0.464. The van der Waals surface area contributed by atoms with Crippen molar-refractivity contribution in [3.8, 4) is 0 Å². The largest absolute Gasteiger partial charge is 0.408 e. The van der Waals surface area contributed by atoms with Gasteiger partial charge in [0.25, 0.3) is 5.91 Å². The van der Waals surface area contributed by atoms with Gasteiger partial charge in [-0.05, 0) is 43.7 Å². The van der Waals surface area contributed by atoms with Crippen LogP contribution in [0.4, 0.5) is 13.2 Å². The Bertz CT molecular complexity index is 1350. The maximum Gasteiger partial charge on any atom is 0.408 e. The van der Waals surface area contributed by atoms with Crippen LogP contribution in [0.25, 0.3) is 0 Å². The summed E-state index contributed by atoms with van der Waals surface area (Å²) in [5, 5.41) is 7.61. The van der Waals surface area contributed by atoms with Gasteiger partial charge in [-0.25, -0.2) is 5.01 Å². The van der Waals surface area contributed by atoms with Gasteiger partial charge in [-0.2, -0.15) is 18.3 Å². The van der Waals surface area contributed by atoms with Crippen LogP contribution in [-0.2, 0) is 32.1 Å². The monoisotopic (exact) mass is 608 g/mol. The van der Waals surface area contributed by atoms with Gasteiger partial charge in [0.15, 0.2) is 0 Å². The molecule has 2 aliphatic heterocycles. The molecule has 14 heteroatoms. The first-order valence-electron chi connectivity index (χ1n) is 13.3. The number of nitrogens with two attached hydrogens (primary N) is 1. The van der Waals surface area contributed by atoms with Crippen molar-refractivity contribution < 1.29 is 32.3 Å². The molecule has 2 atom stereocenters. The highest BCUT2D eigenvalue weighted by Gasteiger charge is 2.56. The zero-order valence-corrected chi connectivity index (χ0v) is 23.9. The summed E-state index contributed by atoms with van der Waals surface area (Å²) >= 11 is 6.04. The molecule has 10 nitrogen and oxygen atoms in total. The van der Waals surface area contributed by atoms with E-state index in [0.717, 1.165) is 5.56 Å². The molecule has 0 spiro atoms. The molecule has 1 fully saturated rings. The van der Waals surface area contributed by atoms with E-state index in [0.29, 0.717) is 15.7 Å². The Labute approximate surface area is 246 Å². The zero-order chi connectivity index (χ0) is 30.7. The van der Waals surface area contributed by atoms with E-state index < -0.39 is 47.4 Å². The number of piperidine rings is 1. The molecule has 3 amide bonds. The minimum atomic E-state index is -4.67. The van der Waals surface area contributed by atoms with Gasteiger partial charge in [0, 0.05) is 42.8 Å². The molecule has 3 heterocycles. The quantitative estimate of drug-likeness (QED) is 0.427. The number of carbonyl (C=O) groups is 3. The van der Waals surface area contributed by atoms with Crippen LogP contribution in [0.5, 0.6) is 0 Å². The number of hydrazone groups is 1. The minimum absolute atomic E-state index is 0.0538. The molecule has 1 saturated heterocycles. The van der Waals surface area contributed by atoms with E-state index in [1.54, 1.807) is 42.5 Å². The summed E-state index contributed by atoms with van der Waals surface area (Å²) in [5.74, 6) is -2.04. The lowest BCUT2D eigenvalue weighted by Crippen LogP contribution is -2.61. The van der Waals surface area contributed by atoms with Crippen LogP contribution >= 0.6 is 11.6 Å². The maximum absolute atomic E-state index is 13.9. The Morgan fingerprint density at radius 1 is 1.21 bits per heavy atom. The smallest absolute Gasteiger partial charge is 0.374 e. The van der Waals surface area contributed by atoms with E-state index in [-0.39, 0.29) is 44.9 Å². The standard InChI is InChI=1S/C28H32ClF3N6O4/c1-26(2,33)24(40)35-21(15-42-14-18-6-5-7-19(29)12-18)23(39)37-11-9-22-27(16-37,13-20-8-3-4-10-34-20)25(41)38(36-22)17-28(30,31)32/h3-8,10,12,21H,9,11,13-17,33H2,1-2H3,(H,35,40)/t21-,27+/m1/s1. The summed E-state index contributed by atoms with van der Waals surface area (Å²) in [6.07, 6.45) is -3.15. The van der Waals surface area contributed by atoms with Crippen molar-refractivity contribution in [1.29, 1.82) is 0 Å². The van der Waals surface area contributed by atoms with Crippen LogP contribution in [0.1, 0.15) is 31.5 Å². The van der Waals surface area contributed by atoms with E-state index >= 15 is 0 Å². The molecule has 2 aromatic rings. The van der Waals surface area contributed by atoms with Gasteiger partial charge in [0.2, 0.25) is 11.8 Å². The third kappa shape index (κ3) is 7.44. The lowest BCUT2D eigenvalue weighted by molar-refractivity contribution is -0.164. The highest BCUT2D eigenvalue weighted by molar-refractivity contribution is 6.30. The van der Waals surface area contributed by atoms with Gasteiger partial charge >= 0.3 is 6.18 Å². The third-order valence-electron chi connectivity index (χ3n) is 7.00. The van der Waals surface area contributed by atoms with Crippen LogP contribution in [0, 0.1) is 5.41 Å². The molecule has 42 heavy (non-hydrogen) atoms. The summed E-state index contributed by atoms with van der Waals surface area (Å²) < 4.78 is 45.6. The fourth-order valence-electron chi connectivity index (χ4n) is 4.92. The molecule has 4 rings (SSSR count). The maximum atomic E-state index is 13.9. The average molecular weight is 609 g/mol. The second kappa shape index (κ2) is 12.4. The lowest BCUT2D eigenvalue weighted by atomic mass is 9.74. The highest BCUT2D eigenvalue weighted by atomic mass is 35.5. The number of alkyl halides is 3. The van der Waals surface area contributed by atoms with Crippen molar-refractivity contribution >= 4 is 35.0 Å². The van der Waals surface area contributed by atoms with Crippen molar-refractivity contribution in [2.24, 2.45) is 16.3 Å². The average Bonchev–Trinajstić information content (AvgIpc) is 3.16. The van der Waals surface area contributed by atoms with E-state index in [2.05, 4.69) is 15.4 Å². The molecule has 1 aromatic carbocycles. The molecule has 0 radical (unpaired) electrons. The molecule has 0 bridgehead atoms. The summed E-state index contributed by atoms with van der Waals surface area (Å²) in [7, 11) is 0.